The van der Waals surface area contributed by atoms with Crippen molar-refractivity contribution in [3.63, 3.8) is 0 Å². The number of benzene rings is 2. The summed E-state index contributed by atoms with van der Waals surface area (Å²) in [4.78, 5) is 12.3. The monoisotopic (exact) mass is 397 g/mol. The van der Waals surface area contributed by atoms with Crippen molar-refractivity contribution in [2.45, 2.75) is 6.92 Å². The van der Waals surface area contributed by atoms with Crippen molar-refractivity contribution in [1.29, 1.82) is 0 Å². The van der Waals surface area contributed by atoms with Crippen molar-refractivity contribution >= 4 is 46.4 Å². The van der Waals surface area contributed by atoms with E-state index in [1.807, 2.05) is 13.0 Å². The standard InChI is InChI=1S/C18H12Cl3NO2.H2O/c1-10-2-4-12(9-14(10)20)22-18(23)17-7-6-16(24-17)13-5-3-11(19)8-15(13)21;/h2-9H,1H3,(H,22,23);1H2. The van der Waals surface area contributed by atoms with Gasteiger partial charge in [-0.05, 0) is 55.0 Å². The number of hydrogen-bond acceptors (Lipinski definition) is 2. The van der Waals surface area contributed by atoms with Crippen LogP contribution < -0.4 is 5.32 Å². The number of halogens is 3. The molecule has 25 heavy (non-hydrogen) atoms. The van der Waals surface area contributed by atoms with Gasteiger partial charge in [0.25, 0.3) is 5.91 Å². The molecule has 0 aliphatic rings. The third-order valence-corrected chi connectivity index (χ3v) is 4.41. The molecule has 2 aromatic carbocycles. The van der Waals surface area contributed by atoms with Crippen LogP contribution in [0.2, 0.25) is 15.1 Å². The van der Waals surface area contributed by atoms with Crippen molar-refractivity contribution in [3.8, 4) is 11.3 Å². The van der Waals surface area contributed by atoms with Gasteiger partial charge in [-0.15, -0.1) is 0 Å². The van der Waals surface area contributed by atoms with Crippen molar-refractivity contribution in [2.24, 2.45) is 0 Å². The first-order chi connectivity index (χ1) is 11.4. The Morgan fingerprint density at radius 1 is 0.960 bits per heavy atom. The third-order valence-electron chi connectivity index (χ3n) is 3.46. The number of carbonyl (C=O) groups excluding carboxylic acids is 1. The highest BCUT2D eigenvalue weighted by Gasteiger charge is 2.14. The Morgan fingerprint density at radius 3 is 2.40 bits per heavy atom. The fourth-order valence-electron chi connectivity index (χ4n) is 2.16. The lowest BCUT2D eigenvalue weighted by atomic mass is 10.2. The molecule has 3 rings (SSSR count). The van der Waals surface area contributed by atoms with Gasteiger partial charge in [0.1, 0.15) is 5.76 Å². The zero-order chi connectivity index (χ0) is 17.3. The van der Waals surface area contributed by atoms with Crippen LogP contribution in [-0.4, -0.2) is 11.4 Å². The fourth-order valence-corrected chi connectivity index (χ4v) is 2.84. The van der Waals surface area contributed by atoms with Crippen LogP contribution >= 0.6 is 34.8 Å². The van der Waals surface area contributed by atoms with Crippen LogP contribution in [0, 0.1) is 6.92 Å². The molecular weight excluding hydrogens is 385 g/mol. The van der Waals surface area contributed by atoms with E-state index in [-0.39, 0.29) is 17.1 Å². The van der Waals surface area contributed by atoms with Gasteiger partial charge in [0.2, 0.25) is 0 Å². The average molecular weight is 399 g/mol. The molecule has 130 valence electrons. The number of aryl methyl sites for hydroxylation is 1. The summed E-state index contributed by atoms with van der Waals surface area (Å²) in [6.07, 6.45) is 0. The number of rotatable bonds is 3. The Hall–Kier alpha value is -1.98. The first kappa shape index (κ1) is 19.3. The number of hydrogen-bond donors (Lipinski definition) is 1. The smallest absolute Gasteiger partial charge is 0.291 e. The topological polar surface area (TPSA) is 73.7 Å². The van der Waals surface area contributed by atoms with Gasteiger partial charge in [-0.1, -0.05) is 40.9 Å². The minimum absolute atomic E-state index is 0. The molecule has 3 aromatic rings. The quantitative estimate of drug-likeness (QED) is 0.619. The SMILES string of the molecule is Cc1ccc(NC(=O)c2ccc(-c3ccc(Cl)cc3Cl)o2)cc1Cl.O. The number of carbonyl (C=O) groups is 1. The van der Waals surface area contributed by atoms with Crippen molar-refractivity contribution in [1.82, 2.24) is 0 Å². The normalized spacial score (nSPS) is 10.2. The average Bonchev–Trinajstić information content (AvgIpc) is 3.01. The molecular formula is C18H14Cl3NO3. The predicted molar refractivity (Wildman–Crippen MR) is 102 cm³/mol. The molecule has 0 saturated heterocycles. The molecule has 0 radical (unpaired) electrons. The molecule has 4 nitrogen and oxygen atoms in total. The van der Waals surface area contributed by atoms with E-state index in [4.69, 9.17) is 39.2 Å². The molecule has 0 aliphatic carbocycles. The Balaban J connectivity index is 0.00000225. The summed E-state index contributed by atoms with van der Waals surface area (Å²) in [6.45, 7) is 1.89. The van der Waals surface area contributed by atoms with E-state index in [0.29, 0.717) is 32.1 Å². The molecule has 0 fully saturated rings. The first-order valence-corrected chi connectivity index (χ1v) is 8.20. The Labute approximate surface area is 159 Å². The van der Waals surface area contributed by atoms with Crippen molar-refractivity contribution in [3.05, 3.63) is 74.9 Å². The summed E-state index contributed by atoms with van der Waals surface area (Å²) in [7, 11) is 0. The van der Waals surface area contributed by atoms with Gasteiger partial charge in [-0.2, -0.15) is 0 Å². The summed E-state index contributed by atoms with van der Waals surface area (Å²) in [6, 6.07) is 13.6. The van der Waals surface area contributed by atoms with Gasteiger partial charge < -0.3 is 15.2 Å². The van der Waals surface area contributed by atoms with Crippen molar-refractivity contribution < 1.29 is 14.7 Å². The fraction of sp³-hybridized carbons (Fsp3) is 0.0556. The third kappa shape index (κ3) is 4.35. The van der Waals surface area contributed by atoms with E-state index >= 15 is 0 Å². The van der Waals surface area contributed by atoms with Crippen LogP contribution in [0.5, 0.6) is 0 Å². The van der Waals surface area contributed by atoms with Gasteiger partial charge in [-0.3, -0.25) is 4.79 Å². The van der Waals surface area contributed by atoms with E-state index in [1.54, 1.807) is 42.5 Å². The molecule has 3 N–H and O–H groups in total. The summed E-state index contributed by atoms with van der Waals surface area (Å²) >= 11 is 18.1. The molecule has 1 amide bonds. The number of anilines is 1. The van der Waals surface area contributed by atoms with Crippen LogP contribution in [0.1, 0.15) is 16.1 Å². The van der Waals surface area contributed by atoms with E-state index in [1.165, 1.54) is 0 Å². The number of furan rings is 1. The summed E-state index contributed by atoms with van der Waals surface area (Å²) < 4.78 is 5.61. The Kier molecular flexibility index (Phi) is 6.14. The minimum atomic E-state index is -0.369. The largest absolute Gasteiger partial charge is 0.451 e. The molecule has 0 atom stereocenters. The predicted octanol–water partition coefficient (Wildman–Crippen LogP) is 5.64. The molecule has 1 heterocycles. The van der Waals surface area contributed by atoms with Crippen LogP contribution in [-0.2, 0) is 0 Å². The molecule has 7 heteroatoms. The van der Waals surface area contributed by atoms with Gasteiger partial charge in [0.05, 0.1) is 5.02 Å². The van der Waals surface area contributed by atoms with E-state index in [0.717, 1.165) is 5.56 Å². The maximum atomic E-state index is 12.3. The van der Waals surface area contributed by atoms with E-state index in [2.05, 4.69) is 5.32 Å². The highest BCUT2D eigenvalue weighted by molar-refractivity contribution is 6.36. The first-order valence-electron chi connectivity index (χ1n) is 7.07. The second-order valence-corrected chi connectivity index (χ2v) is 6.46. The van der Waals surface area contributed by atoms with E-state index in [9.17, 15) is 4.79 Å². The minimum Gasteiger partial charge on any atom is -0.451 e. The highest BCUT2D eigenvalue weighted by atomic mass is 35.5. The second-order valence-electron chi connectivity index (χ2n) is 5.21. The summed E-state index contributed by atoms with van der Waals surface area (Å²) in [5, 5.41) is 4.31. The number of amides is 1. The van der Waals surface area contributed by atoms with Crippen molar-refractivity contribution in [2.75, 3.05) is 5.32 Å². The van der Waals surface area contributed by atoms with Crippen LogP contribution in [0.4, 0.5) is 5.69 Å². The Morgan fingerprint density at radius 2 is 1.72 bits per heavy atom. The van der Waals surface area contributed by atoms with E-state index < -0.39 is 0 Å². The van der Waals surface area contributed by atoms with Gasteiger partial charge in [-0.25, -0.2) is 0 Å². The molecule has 0 spiro atoms. The summed E-state index contributed by atoms with van der Waals surface area (Å²) in [5.41, 5.74) is 2.20. The van der Waals surface area contributed by atoms with Gasteiger partial charge in [0, 0.05) is 21.3 Å². The molecule has 1 aromatic heterocycles. The molecule has 0 bridgehead atoms. The number of nitrogens with one attached hydrogen (secondary N) is 1. The molecule has 0 unspecified atom stereocenters. The zero-order valence-corrected chi connectivity index (χ0v) is 15.3. The van der Waals surface area contributed by atoms with Crippen LogP contribution in [0.25, 0.3) is 11.3 Å². The van der Waals surface area contributed by atoms with Gasteiger partial charge >= 0.3 is 0 Å². The lowest BCUT2D eigenvalue weighted by Crippen LogP contribution is -2.10. The maximum Gasteiger partial charge on any atom is 0.291 e. The Bertz CT molecular complexity index is 922. The lowest BCUT2D eigenvalue weighted by molar-refractivity contribution is 0.0997. The zero-order valence-electron chi connectivity index (χ0n) is 13.1. The summed E-state index contributed by atoms with van der Waals surface area (Å²) in [5.74, 6) is 0.294. The van der Waals surface area contributed by atoms with Crippen LogP contribution in [0.3, 0.4) is 0 Å². The van der Waals surface area contributed by atoms with Crippen LogP contribution in [0.15, 0.2) is 52.9 Å². The molecule has 0 aliphatic heterocycles. The second kappa shape index (κ2) is 7.93. The molecule has 0 saturated carbocycles. The maximum absolute atomic E-state index is 12.3. The van der Waals surface area contributed by atoms with Gasteiger partial charge in [0.15, 0.2) is 5.76 Å². The lowest BCUT2D eigenvalue weighted by Gasteiger charge is -2.05. The highest BCUT2D eigenvalue weighted by Crippen LogP contribution is 2.31.